The highest BCUT2D eigenvalue weighted by Crippen LogP contribution is 2.22. The van der Waals surface area contributed by atoms with Gasteiger partial charge in [0.1, 0.15) is 17.7 Å². The van der Waals surface area contributed by atoms with Crippen molar-refractivity contribution in [2.75, 3.05) is 18.4 Å². The predicted molar refractivity (Wildman–Crippen MR) is 88.5 cm³/mol. The molecule has 0 spiro atoms. The topological polar surface area (TPSA) is 83.9 Å². The molecule has 1 amide bonds. The number of nitrogens with zero attached hydrogens (tertiary/aromatic N) is 5. The Bertz CT molecular complexity index is 647. The smallest absolute Gasteiger partial charge is 0.222 e. The van der Waals surface area contributed by atoms with E-state index in [1.54, 1.807) is 11.8 Å². The number of amides is 1. The lowest BCUT2D eigenvalue weighted by molar-refractivity contribution is -0.132. The summed E-state index contributed by atoms with van der Waals surface area (Å²) in [6.45, 7) is 3.63. The van der Waals surface area contributed by atoms with Crippen molar-refractivity contribution in [2.24, 2.45) is 5.92 Å². The van der Waals surface area contributed by atoms with Crippen LogP contribution < -0.4 is 5.32 Å². The van der Waals surface area contributed by atoms with Crippen molar-refractivity contribution in [3.8, 4) is 0 Å². The fourth-order valence-electron chi connectivity index (χ4n) is 2.89. The molecule has 0 radical (unpaired) electrons. The lowest BCUT2D eigenvalue weighted by Gasteiger charge is -2.32. The second kappa shape index (κ2) is 7.45. The maximum Gasteiger partial charge on any atom is 0.222 e. The van der Waals surface area contributed by atoms with Gasteiger partial charge in [-0.2, -0.15) is 0 Å². The van der Waals surface area contributed by atoms with Crippen LogP contribution in [0.1, 0.15) is 31.9 Å². The standard InChI is InChI=1S/C15H20N6OS/c1-2-14(22)21-5-3-4-11(8-21)6-12-7-13(17-9-16-12)19-15-20-18-10-23-15/h7,9-11H,2-6,8H2,1H3,(H,16,17,19,20). The first-order valence-electron chi connectivity index (χ1n) is 7.86. The number of aromatic nitrogens is 4. The van der Waals surface area contributed by atoms with E-state index in [0.29, 0.717) is 17.5 Å². The zero-order valence-corrected chi connectivity index (χ0v) is 13.9. The number of piperidine rings is 1. The number of nitrogens with one attached hydrogen (secondary N) is 1. The minimum Gasteiger partial charge on any atom is -0.342 e. The first-order valence-corrected chi connectivity index (χ1v) is 8.74. The van der Waals surface area contributed by atoms with Gasteiger partial charge in [-0.15, -0.1) is 10.2 Å². The summed E-state index contributed by atoms with van der Waals surface area (Å²) in [5.74, 6) is 1.43. The van der Waals surface area contributed by atoms with Crippen LogP contribution in [-0.2, 0) is 11.2 Å². The largest absolute Gasteiger partial charge is 0.342 e. The summed E-state index contributed by atoms with van der Waals surface area (Å²) >= 11 is 1.43. The first kappa shape index (κ1) is 15.8. The van der Waals surface area contributed by atoms with Crippen molar-refractivity contribution in [1.29, 1.82) is 0 Å². The maximum atomic E-state index is 11.9. The zero-order valence-electron chi connectivity index (χ0n) is 13.1. The van der Waals surface area contributed by atoms with Crippen molar-refractivity contribution in [1.82, 2.24) is 25.1 Å². The van der Waals surface area contributed by atoms with Crippen LogP contribution in [0.3, 0.4) is 0 Å². The van der Waals surface area contributed by atoms with Crippen molar-refractivity contribution in [3.63, 3.8) is 0 Å². The highest BCUT2D eigenvalue weighted by atomic mass is 32.1. The molecular formula is C15H20N6OS. The van der Waals surface area contributed by atoms with Crippen LogP contribution in [0.5, 0.6) is 0 Å². The van der Waals surface area contributed by atoms with E-state index in [9.17, 15) is 4.79 Å². The van der Waals surface area contributed by atoms with Gasteiger partial charge in [0.25, 0.3) is 0 Å². The molecule has 122 valence electrons. The molecule has 7 nitrogen and oxygen atoms in total. The van der Waals surface area contributed by atoms with Gasteiger partial charge < -0.3 is 10.2 Å². The molecular weight excluding hydrogens is 312 g/mol. The van der Waals surface area contributed by atoms with Gasteiger partial charge in [-0.1, -0.05) is 18.3 Å². The maximum absolute atomic E-state index is 11.9. The monoisotopic (exact) mass is 332 g/mol. The average Bonchev–Trinajstić information content (AvgIpc) is 3.07. The summed E-state index contributed by atoms with van der Waals surface area (Å²) in [7, 11) is 0. The molecule has 2 aromatic heterocycles. The summed E-state index contributed by atoms with van der Waals surface area (Å²) in [6, 6.07) is 1.95. The van der Waals surface area contributed by atoms with Gasteiger partial charge in [-0.25, -0.2) is 9.97 Å². The Kier molecular flexibility index (Phi) is 5.12. The number of hydrogen-bond donors (Lipinski definition) is 1. The van der Waals surface area contributed by atoms with E-state index >= 15 is 0 Å². The van der Waals surface area contributed by atoms with Crippen LogP contribution in [0.4, 0.5) is 10.9 Å². The SMILES string of the molecule is CCC(=O)N1CCCC(Cc2cc(Nc3nncs3)ncn2)C1. The van der Waals surface area contributed by atoms with Crippen LogP contribution in [-0.4, -0.2) is 44.1 Å². The fourth-order valence-corrected chi connectivity index (χ4v) is 3.34. The third-order valence-corrected chi connectivity index (χ3v) is 4.60. The van der Waals surface area contributed by atoms with Crippen molar-refractivity contribution in [3.05, 3.63) is 23.6 Å². The Morgan fingerprint density at radius 2 is 2.39 bits per heavy atom. The van der Waals surface area contributed by atoms with E-state index in [2.05, 4.69) is 25.5 Å². The molecule has 1 aliphatic heterocycles. The van der Waals surface area contributed by atoms with Gasteiger partial charge in [0.05, 0.1) is 0 Å². The van der Waals surface area contributed by atoms with E-state index in [0.717, 1.165) is 43.9 Å². The molecule has 1 saturated heterocycles. The Hall–Kier alpha value is -2.09. The molecule has 3 rings (SSSR count). The van der Waals surface area contributed by atoms with Gasteiger partial charge >= 0.3 is 0 Å². The van der Waals surface area contributed by atoms with E-state index in [1.807, 2.05) is 17.9 Å². The molecule has 1 fully saturated rings. The molecule has 23 heavy (non-hydrogen) atoms. The van der Waals surface area contributed by atoms with Crippen molar-refractivity contribution >= 4 is 28.2 Å². The molecule has 3 heterocycles. The van der Waals surface area contributed by atoms with Crippen LogP contribution in [0, 0.1) is 5.92 Å². The molecule has 0 aromatic carbocycles. The van der Waals surface area contributed by atoms with Crippen LogP contribution in [0.15, 0.2) is 17.9 Å². The molecule has 1 N–H and O–H groups in total. The summed E-state index contributed by atoms with van der Waals surface area (Å²) in [4.78, 5) is 22.4. The lowest BCUT2D eigenvalue weighted by atomic mass is 9.93. The second-order valence-electron chi connectivity index (χ2n) is 5.67. The quantitative estimate of drug-likeness (QED) is 0.904. The Balaban J connectivity index is 1.62. The van der Waals surface area contributed by atoms with Gasteiger partial charge in [-0.3, -0.25) is 4.79 Å². The number of carbonyl (C=O) groups is 1. The van der Waals surface area contributed by atoms with Crippen LogP contribution in [0.25, 0.3) is 0 Å². The zero-order chi connectivity index (χ0) is 16.1. The Labute approximate surface area is 139 Å². The van der Waals surface area contributed by atoms with E-state index in [4.69, 9.17) is 0 Å². The van der Waals surface area contributed by atoms with Crippen LogP contribution >= 0.6 is 11.3 Å². The normalized spacial score (nSPS) is 18.0. The Morgan fingerprint density at radius 3 is 3.17 bits per heavy atom. The molecule has 1 aliphatic rings. The number of hydrogen-bond acceptors (Lipinski definition) is 7. The molecule has 0 bridgehead atoms. The predicted octanol–water partition coefficient (Wildman–Crippen LogP) is 2.26. The number of rotatable bonds is 5. The number of likely N-dealkylation sites (tertiary alicyclic amines) is 1. The highest BCUT2D eigenvalue weighted by Gasteiger charge is 2.23. The van der Waals surface area contributed by atoms with Gasteiger partial charge in [-0.05, 0) is 25.2 Å². The minimum atomic E-state index is 0.246. The third-order valence-electron chi connectivity index (χ3n) is 3.99. The van der Waals surface area contributed by atoms with E-state index in [-0.39, 0.29) is 5.91 Å². The van der Waals surface area contributed by atoms with Crippen molar-refractivity contribution < 1.29 is 4.79 Å². The molecule has 1 atom stereocenters. The summed E-state index contributed by atoms with van der Waals surface area (Å²) < 4.78 is 0. The Morgan fingerprint density at radius 1 is 1.48 bits per heavy atom. The molecule has 0 saturated carbocycles. The lowest BCUT2D eigenvalue weighted by Crippen LogP contribution is -2.40. The summed E-state index contributed by atoms with van der Waals surface area (Å²) in [5, 5.41) is 11.6. The summed E-state index contributed by atoms with van der Waals surface area (Å²) in [6.07, 6.45) is 5.21. The van der Waals surface area contributed by atoms with E-state index in [1.165, 1.54) is 11.3 Å². The number of anilines is 2. The van der Waals surface area contributed by atoms with Crippen LogP contribution in [0.2, 0.25) is 0 Å². The number of carbonyl (C=O) groups excluding carboxylic acids is 1. The van der Waals surface area contributed by atoms with Crippen molar-refractivity contribution in [2.45, 2.75) is 32.6 Å². The molecule has 1 unspecified atom stereocenters. The first-order chi connectivity index (χ1) is 11.2. The van der Waals surface area contributed by atoms with Gasteiger partial charge in [0.15, 0.2) is 0 Å². The second-order valence-corrected chi connectivity index (χ2v) is 6.50. The van der Waals surface area contributed by atoms with Gasteiger partial charge in [0.2, 0.25) is 11.0 Å². The van der Waals surface area contributed by atoms with E-state index < -0.39 is 0 Å². The van der Waals surface area contributed by atoms with Gasteiger partial charge in [0, 0.05) is 31.3 Å². The summed E-state index contributed by atoms with van der Waals surface area (Å²) in [5.41, 5.74) is 2.66. The molecule has 2 aromatic rings. The third kappa shape index (κ3) is 4.22. The molecule has 0 aliphatic carbocycles. The fraction of sp³-hybridized carbons (Fsp3) is 0.533. The minimum absolute atomic E-state index is 0.246. The molecule has 8 heteroatoms. The highest BCUT2D eigenvalue weighted by molar-refractivity contribution is 7.13. The average molecular weight is 332 g/mol.